The summed E-state index contributed by atoms with van der Waals surface area (Å²) >= 11 is 0. The van der Waals surface area contributed by atoms with Gasteiger partial charge in [0.1, 0.15) is 5.82 Å². The summed E-state index contributed by atoms with van der Waals surface area (Å²) in [5, 5.41) is 12.9. The number of nitrogens with one attached hydrogen (secondary N) is 1. The number of aliphatic hydroxyl groups excluding tert-OH is 1. The molecule has 2 N–H and O–H groups in total. The van der Waals surface area contributed by atoms with E-state index in [2.05, 4.69) is 19.2 Å². The summed E-state index contributed by atoms with van der Waals surface area (Å²) in [6.07, 6.45) is 0.432. The first kappa shape index (κ1) is 18.2. The van der Waals surface area contributed by atoms with E-state index in [9.17, 15) is 9.50 Å². The minimum absolute atomic E-state index is 0.0143. The van der Waals surface area contributed by atoms with Gasteiger partial charge in [-0.15, -0.1) is 0 Å². The van der Waals surface area contributed by atoms with Crippen LogP contribution in [0.25, 0.3) is 0 Å². The van der Waals surface area contributed by atoms with Crippen molar-refractivity contribution in [1.82, 2.24) is 5.32 Å². The highest BCUT2D eigenvalue weighted by atomic mass is 19.1. The number of hydrogen-bond donors (Lipinski definition) is 2. The molecule has 1 heterocycles. The van der Waals surface area contributed by atoms with E-state index in [0.29, 0.717) is 25.4 Å². The number of anilines is 1. The Morgan fingerprint density at radius 1 is 1.35 bits per heavy atom. The third kappa shape index (κ3) is 5.75. The van der Waals surface area contributed by atoms with Gasteiger partial charge in [0.05, 0.1) is 25.0 Å². The standard InChI is InChI=1S/C18H29FN2O2/c1-14(22)11-18(2,3)13-20-12-15-4-5-17(16(19)10-15)21-6-8-23-9-7-21/h4-5,10,14,20,22H,6-9,11-13H2,1-3H3. The molecule has 0 aromatic heterocycles. The van der Waals surface area contributed by atoms with Crippen molar-refractivity contribution < 1.29 is 14.2 Å². The lowest BCUT2D eigenvalue weighted by Gasteiger charge is -2.29. The Kier molecular flexibility index (Phi) is 6.39. The Hall–Kier alpha value is -1.17. The second-order valence-corrected chi connectivity index (χ2v) is 7.21. The number of ether oxygens (including phenoxy) is 1. The fraction of sp³-hybridized carbons (Fsp3) is 0.667. The first-order chi connectivity index (χ1) is 10.9. The second kappa shape index (κ2) is 8.08. The van der Waals surface area contributed by atoms with Crippen LogP contribution in [-0.2, 0) is 11.3 Å². The van der Waals surface area contributed by atoms with Crippen molar-refractivity contribution in [3.05, 3.63) is 29.6 Å². The van der Waals surface area contributed by atoms with E-state index in [1.54, 1.807) is 6.07 Å². The Morgan fingerprint density at radius 2 is 2.04 bits per heavy atom. The molecule has 1 unspecified atom stereocenters. The molecule has 0 aliphatic carbocycles. The van der Waals surface area contributed by atoms with Crippen molar-refractivity contribution in [1.29, 1.82) is 0 Å². The summed E-state index contributed by atoms with van der Waals surface area (Å²) in [7, 11) is 0. The number of hydrogen-bond acceptors (Lipinski definition) is 4. The van der Waals surface area contributed by atoms with Crippen molar-refractivity contribution in [3.63, 3.8) is 0 Å². The van der Waals surface area contributed by atoms with E-state index in [-0.39, 0.29) is 17.3 Å². The van der Waals surface area contributed by atoms with Gasteiger partial charge in [0.25, 0.3) is 0 Å². The zero-order chi connectivity index (χ0) is 16.9. The highest BCUT2D eigenvalue weighted by molar-refractivity contribution is 5.49. The van der Waals surface area contributed by atoms with Crippen LogP contribution < -0.4 is 10.2 Å². The first-order valence-electron chi connectivity index (χ1n) is 8.37. The van der Waals surface area contributed by atoms with Crippen LogP contribution in [-0.4, -0.2) is 44.1 Å². The van der Waals surface area contributed by atoms with Gasteiger partial charge < -0.3 is 20.1 Å². The maximum absolute atomic E-state index is 14.3. The van der Waals surface area contributed by atoms with Crippen LogP contribution in [0.3, 0.4) is 0 Å². The molecule has 1 aromatic carbocycles. The molecule has 1 fully saturated rings. The van der Waals surface area contributed by atoms with Crippen LogP contribution in [0.4, 0.5) is 10.1 Å². The fourth-order valence-electron chi connectivity index (χ4n) is 3.14. The predicted molar refractivity (Wildman–Crippen MR) is 91.2 cm³/mol. The number of rotatable bonds is 7. The van der Waals surface area contributed by atoms with Crippen molar-refractivity contribution in [2.75, 3.05) is 37.7 Å². The number of aliphatic hydroxyl groups is 1. The van der Waals surface area contributed by atoms with Crippen LogP contribution in [0, 0.1) is 11.2 Å². The van der Waals surface area contributed by atoms with Crippen molar-refractivity contribution >= 4 is 5.69 Å². The van der Waals surface area contributed by atoms with Crippen LogP contribution in [0.2, 0.25) is 0 Å². The Morgan fingerprint density at radius 3 is 2.65 bits per heavy atom. The molecule has 1 aliphatic rings. The van der Waals surface area contributed by atoms with E-state index < -0.39 is 0 Å². The lowest BCUT2D eigenvalue weighted by Crippen LogP contribution is -2.36. The van der Waals surface area contributed by atoms with Gasteiger partial charge in [-0.05, 0) is 36.5 Å². The molecule has 1 aliphatic heterocycles. The fourth-order valence-corrected chi connectivity index (χ4v) is 3.14. The van der Waals surface area contributed by atoms with E-state index in [1.807, 2.05) is 24.0 Å². The molecule has 1 saturated heterocycles. The van der Waals surface area contributed by atoms with E-state index in [0.717, 1.165) is 31.6 Å². The Bertz CT molecular complexity index is 500. The molecule has 1 aromatic rings. The molecule has 0 amide bonds. The van der Waals surface area contributed by atoms with Gasteiger partial charge >= 0.3 is 0 Å². The molecule has 0 saturated carbocycles. The molecule has 0 bridgehead atoms. The van der Waals surface area contributed by atoms with Gasteiger partial charge in [-0.3, -0.25) is 0 Å². The molecule has 1 atom stereocenters. The minimum Gasteiger partial charge on any atom is -0.393 e. The quantitative estimate of drug-likeness (QED) is 0.809. The van der Waals surface area contributed by atoms with Gasteiger partial charge in [-0.2, -0.15) is 0 Å². The van der Waals surface area contributed by atoms with Gasteiger partial charge in [-0.1, -0.05) is 19.9 Å². The molecule has 130 valence electrons. The number of halogens is 1. The number of benzene rings is 1. The van der Waals surface area contributed by atoms with Crippen LogP contribution in [0.1, 0.15) is 32.8 Å². The van der Waals surface area contributed by atoms with Crippen LogP contribution in [0.5, 0.6) is 0 Å². The van der Waals surface area contributed by atoms with Gasteiger partial charge in [-0.25, -0.2) is 4.39 Å². The lowest BCUT2D eigenvalue weighted by atomic mass is 9.87. The second-order valence-electron chi connectivity index (χ2n) is 7.21. The predicted octanol–water partition coefficient (Wildman–Crippen LogP) is 2.55. The molecular weight excluding hydrogens is 295 g/mol. The smallest absolute Gasteiger partial charge is 0.146 e. The lowest BCUT2D eigenvalue weighted by molar-refractivity contribution is 0.122. The summed E-state index contributed by atoms with van der Waals surface area (Å²) < 4.78 is 19.6. The summed E-state index contributed by atoms with van der Waals surface area (Å²) in [5.41, 5.74) is 1.61. The van der Waals surface area contributed by atoms with E-state index >= 15 is 0 Å². The molecular formula is C18H29FN2O2. The highest BCUT2D eigenvalue weighted by Crippen LogP contribution is 2.23. The Balaban J connectivity index is 1.88. The van der Waals surface area contributed by atoms with Crippen LogP contribution in [0.15, 0.2) is 18.2 Å². The van der Waals surface area contributed by atoms with Gasteiger partial charge in [0, 0.05) is 26.2 Å². The van der Waals surface area contributed by atoms with Crippen LogP contribution >= 0.6 is 0 Å². The monoisotopic (exact) mass is 324 g/mol. The zero-order valence-electron chi connectivity index (χ0n) is 14.4. The maximum Gasteiger partial charge on any atom is 0.146 e. The third-order valence-corrected chi connectivity index (χ3v) is 4.14. The molecule has 0 spiro atoms. The molecule has 2 rings (SSSR count). The molecule has 4 nitrogen and oxygen atoms in total. The molecule has 23 heavy (non-hydrogen) atoms. The molecule has 0 radical (unpaired) electrons. The van der Waals surface area contributed by atoms with Crippen molar-refractivity contribution in [3.8, 4) is 0 Å². The van der Waals surface area contributed by atoms with Gasteiger partial charge in [0.15, 0.2) is 0 Å². The number of nitrogens with zero attached hydrogens (tertiary/aromatic N) is 1. The minimum atomic E-state index is -0.308. The topological polar surface area (TPSA) is 44.7 Å². The number of morpholine rings is 1. The SMILES string of the molecule is CC(O)CC(C)(C)CNCc1ccc(N2CCOCC2)c(F)c1. The van der Waals surface area contributed by atoms with Crippen molar-refractivity contribution in [2.45, 2.75) is 39.8 Å². The average Bonchev–Trinajstić information content (AvgIpc) is 2.46. The van der Waals surface area contributed by atoms with Gasteiger partial charge in [0.2, 0.25) is 0 Å². The average molecular weight is 324 g/mol. The molecule has 5 heteroatoms. The zero-order valence-corrected chi connectivity index (χ0v) is 14.4. The highest BCUT2D eigenvalue weighted by Gasteiger charge is 2.20. The summed E-state index contributed by atoms with van der Waals surface area (Å²) in [6.45, 7) is 10.2. The summed E-state index contributed by atoms with van der Waals surface area (Å²) in [6, 6.07) is 5.45. The normalized spacial score (nSPS) is 17.3. The largest absolute Gasteiger partial charge is 0.393 e. The van der Waals surface area contributed by atoms with E-state index in [4.69, 9.17) is 4.74 Å². The van der Waals surface area contributed by atoms with E-state index in [1.165, 1.54) is 0 Å². The Labute approximate surface area is 138 Å². The van der Waals surface area contributed by atoms with Crippen molar-refractivity contribution in [2.24, 2.45) is 5.41 Å². The summed E-state index contributed by atoms with van der Waals surface area (Å²) in [5.74, 6) is -0.172. The first-order valence-corrected chi connectivity index (χ1v) is 8.37. The third-order valence-electron chi connectivity index (χ3n) is 4.14. The summed E-state index contributed by atoms with van der Waals surface area (Å²) in [4.78, 5) is 2.03. The maximum atomic E-state index is 14.3.